The van der Waals surface area contributed by atoms with Crippen LogP contribution in [-0.4, -0.2) is 36.7 Å². The van der Waals surface area contributed by atoms with Gasteiger partial charge in [0.2, 0.25) is 6.79 Å². The summed E-state index contributed by atoms with van der Waals surface area (Å²) in [5.41, 5.74) is 0.926. The Hall–Kier alpha value is -3.06. The molecular formula is C21H19NO5S. The van der Waals surface area contributed by atoms with Gasteiger partial charge in [0.1, 0.15) is 4.88 Å². The van der Waals surface area contributed by atoms with Crippen molar-refractivity contribution in [2.45, 2.75) is 13.5 Å². The summed E-state index contributed by atoms with van der Waals surface area (Å²) in [5, 5.41) is 0.990. The third kappa shape index (κ3) is 3.80. The molecule has 2 aromatic carbocycles. The fourth-order valence-corrected chi connectivity index (χ4v) is 3.96. The number of benzene rings is 2. The normalized spacial score (nSPS) is 12.2. The summed E-state index contributed by atoms with van der Waals surface area (Å²) in [4.78, 5) is 26.9. The second kappa shape index (κ2) is 7.90. The number of amides is 1. The molecule has 1 amide bonds. The van der Waals surface area contributed by atoms with E-state index < -0.39 is 5.97 Å². The second-order valence-corrected chi connectivity index (χ2v) is 7.40. The molecule has 1 aromatic heterocycles. The predicted molar refractivity (Wildman–Crippen MR) is 106 cm³/mol. The highest BCUT2D eigenvalue weighted by Gasteiger charge is 2.19. The Bertz CT molecular complexity index is 996. The molecule has 3 aromatic rings. The van der Waals surface area contributed by atoms with E-state index in [4.69, 9.17) is 14.2 Å². The van der Waals surface area contributed by atoms with E-state index in [-0.39, 0.29) is 19.3 Å². The van der Waals surface area contributed by atoms with Gasteiger partial charge in [-0.05, 0) is 42.1 Å². The molecule has 6 nitrogen and oxygen atoms in total. The Balaban J connectivity index is 1.36. The molecule has 0 spiro atoms. The summed E-state index contributed by atoms with van der Waals surface area (Å²) < 4.78 is 16.9. The molecule has 0 N–H and O–H groups in total. The third-order valence-electron chi connectivity index (χ3n) is 4.50. The van der Waals surface area contributed by atoms with Crippen LogP contribution >= 0.6 is 11.3 Å². The number of thiophene rings is 1. The van der Waals surface area contributed by atoms with Crippen LogP contribution < -0.4 is 9.47 Å². The van der Waals surface area contributed by atoms with Crippen molar-refractivity contribution in [3.05, 3.63) is 59.0 Å². The highest BCUT2D eigenvalue weighted by Crippen LogP contribution is 2.32. The molecule has 0 unspecified atom stereocenters. The van der Waals surface area contributed by atoms with Crippen LogP contribution in [0.2, 0.25) is 0 Å². The number of hydrogen-bond acceptors (Lipinski definition) is 6. The van der Waals surface area contributed by atoms with Crippen molar-refractivity contribution in [2.75, 3.05) is 19.9 Å². The summed E-state index contributed by atoms with van der Waals surface area (Å²) >= 11 is 1.36. The lowest BCUT2D eigenvalue weighted by Crippen LogP contribution is -2.34. The quantitative estimate of drug-likeness (QED) is 0.592. The molecule has 7 heteroatoms. The largest absolute Gasteiger partial charge is 0.454 e. The number of carbonyl (C=O) groups is 2. The lowest BCUT2D eigenvalue weighted by molar-refractivity contribution is -0.134. The number of rotatable bonds is 6. The lowest BCUT2D eigenvalue weighted by atomic mass is 10.2. The first kappa shape index (κ1) is 18.3. The number of nitrogens with zero attached hydrogens (tertiary/aromatic N) is 1. The third-order valence-corrected chi connectivity index (χ3v) is 5.59. The maximum Gasteiger partial charge on any atom is 0.348 e. The summed E-state index contributed by atoms with van der Waals surface area (Å²) in [6.45, 7) is 2.73. The van der Waals surface area contributed by atoms with Crippen LogP contribution in [0.1, 0.15) is 22.2 Å². The van der Waals surface area contributed by atoms with Gasteiger partial charge in [-0.3, -0.25) is 4.79 Å². The van der Waals surface area contributed by atoms with Crippen molar-refractivity contribution in [1.82, 2.24) is 4.90 Å². The van der Waals surface area contributed by atoms with Crippen LogP contribution in [0.4, 0.5) is 0 Å². The molecule has 28 heavy (non-hydrogen) atoms. The van der Waals surface area contributed by atoms with Gasteiger partial charge in [0.15, 0.2) is 18.1 Å². The summed E-state index contributed by atoms with van der Waals surface area (Å²) in [7, 11) is 0. The molecule has 1 aliphatic rings. The Morgan fingerprint density at radius 1 is 1.11 bits per heavy atom. The second-order valence-electron chi connectivity index (χ2n) is 6.32. The van der Waals surface area contributed by atoms with Gasteiger partial charge in [-0.15, -0.1) is 11.3 Å². The van der Waals surface area contributed by atoms with Crippen molar-refractivity contribution in [3.8, 4) is 11.5 Å². The molecule has 0 saturated carbocycles. The van der Waals surface area contributed by atoms with Gasteiger partial charge in [0.05, 0.1) is 0 Å². The van der Waals surface area contributed by atoms with Crippen LogP contribution in [0.5, 0.6) is 11.5 Å². The minimum atomic E-state index is -0.478. The first-order valence-electron chi connectivity index (χ1n) is 8.96. The van der Waals surface area contributed by atoms with E-state index in [1.165, 1.54) is 11.3 Å². The zero-order valence-electron chi connectivity index (χ0n) is 15.3. The van der Waals surface area contributed by atoms with Crippen molar-refractivity contribution >= 4 is 33.3 Å². The van der Waals surface area contributed by atoms with E-state index >= 15 is 0 Å². The molecule has 0 atom stereocenters. The number of likely N-dealkylation sites (N-methyl/N-ethyl adjacent to an activating group) is 1. The SMILES string of the molecule is CCN(Cc1ccc2c(c1)OCO2)C(=O)COC(=O)c1cc2ccccc2s1. The smallest absolute Gasteiger partial charge is 0.348 e. The topological polar surface area (TPSA) is 65.1 Å². The highest BCUT2D eigenvalue weighted by molar-refractivity contribution is 7.20. The van der Waals surface area contributed by atoms with Crippen LogP contribution in [0, 0.1) is 0 Å². The van der Waals surface area contributed by atoms with Crippen LogP contribution in [0.3, 0.4) is 0 Å². The Labute approximate surface area is 166 Å². The Morgan fingerprint density at radius 2 is 1.93 bits per heavy atom. The molecule has 0 radical (unpaired) electrons. The molecule has 2 heterocycles. The first-order valence-corrected chi connectivity index (χ1v) is 9.77. The maximum atomic E-state index is 12.5. The fraction of sp³-hybridized carbons (Fsp3) is 0.238. The molecule has 0 aliphatic carbocycles. The van der Waals surface area contributed by atoms with E-state index in [2.05, 4.69) is 0 Å². The van der Waals surface area contributed by atoms with Crippen LogP contribution in [-0.2, 0) is 16.1 Å². The van der Waals surface area contributed by atoms with Crippen LogP contribution in [0.15, 0.2) is 48.5 Å². The average molecular weight is 397 g/mol. The predicted octanol–water partition coefficient (Wildman–Crippen LogP) is 3.84. The summed E-state index contributed by atoms with van der Waals surface area (Å²) in [5.74, 6) is 0.663. The zero-order chi connectivity index (χ0) is 19.5. The number of esters is 1. The molecule has 0 fully saturated rings. The van der Waals surface area contributed by atoms with Crippen molar-refractivity contribution in [1.29, 1.82) is 0 Å². The zero-order valence-corrected chi connectivity index (χ0v) is 16.2. The van der Waals surface area contributed by atoms with Gasteiger partial charge >= 0.3 is 5.97 Å². The monoisotopic (exact) mass is 397 g/mol. The van der Waals surface area contributed by atoms with Crippen molar-refractivity contribution < 1.29 is 23.8 Å². The van der Waals surface area contributed by atoms with Gasteiger partial charge < -0.3 is 19.1 Å². The fourth-order valence-electron chi connectivity index (χ4n) is 3.01. The number of ether oxygens (including phenoxy) is 3. The Morgan fingerprint density at radius 3 is 2.75 bits per heavy atom. The average Bonchev–Trinajstić information content (AvgIpc) is 3.36. The molecular weight excluding hydrogens is 378 g/mol. The van der Waals surface area contributed by atoms with Gasteiger partial charge in [0.25, 0.3) is 5.91 Å². The van der Waals surface area contributed by atoms with Crippen molar-refractivity contribution in [3.63, 3.8) is 0 Å². The maximum absolute atomic E-state index is 12.5. The summed E-state index contributed by atoms with van der Waals surface area (Å²) in [6, 6.07) is 15.1. The standard InChI is InChI=1S/C21H19NO5S/c1-2-22(11-14-7-8-16-17(9-14)27-13-26-16)20(23)12-25-21(24)19-10-15-5-3-4-6-18(15)28-19/h3-10H,2,11-13H2,1H3. The van der Waals surface area contributed by atoms with E-state index in [0.717, 1.165) is 15.6 Å². The van der Waals surface area contributed by atoms with Crippen molar-refractivity contribution in [2.24, 2.45) is 0 Å². The minimum Gasteiger partial charge on any atom is -0.454 e. The number of fused-ring (bicyclic) bond motifs is 2. The van der Waals surface area contributed by atoms with Crippen LogP contribution in [0.25, 0.3) is 10.1 Å². The van der Waals surface area contributed by atoms with E-state index in [1.54, 1.807) is 11.0 Å². The summed E-state index contributed by atoms with van der Waals surface area (Å²) in [6.07, 6.45) is 0. The first-order chi connectivity index (χ1) is 13.6. The molecule has 1 aliphatic heterocycles. The van der Waals surface area contributed by atoms with E-state index in [0.29, 0.717) is 29.5 Å². The van der Waals surface area contributed by atoms with Gasteiger partial charge in [0, 0.05) is 17.8 Å². The van der Waals surface area contributed by atoms with E-state index in [1.807, 2.05) is 49.4 Å². The minimum absolute atomic E-state index is 0.211. The molecule has 4 rings (SSSR count). The molecule has 0 saturated heterocycles. The highest BCUT2D eigenvalue weighted by atomic mass is 32.1. The molecule has 144 valence electrons. The number of hydrogen-bond donors (Lipinski definition) is 0. The van der Waals surface area contributed by atoms with Gasteiger partial charge in [-0.1, -0.05) is 24.3 Å². The number of carbonyl (C=O) groups excluding carboxylic acids is 2. The molecule has 0 bridgehead atoms. The van der Waals surface area contributed by atoms with Gasteiger partial charge in [-0.2, -0.15) is 0 Å². The van der Waals surface area contributed by atoms with Gasteiger partial charge in [-0.25, -0.2) is 4.79 Å². The lowest BCUT2D eigenvalue weighted by Gasteiger charge is -2.21. The Kier molecular flexibility index (Phi) is 5.16. The van der Waals surface area contributed by atoms with E-state index in [9.17, 15) is 9.59 Å².